The number of aromatic nitrogens is 2. The van der Waals surface area contributed by atoms with E-state index in [-0.39, 0.29) is 5.82 Å². The summed E-state index contributed by atoms with van der Waals surface area (Å²) in [6.07, 6.45) is 1.36. The first-order chi connectivity index (χ1) is 7.78. The Balaban J connectivity index is 2.08. The Morgan fingerprint density at radius 3 is 2.81 bits per heavy atom. The number of hydrogen-bond acceptors (Lipinski definition) is 3. The summed E-state index contributed by atoms with van der Waals surface area (Å²) < 4.78 is 12.9. The molecule has 2 aromatic rings. The molecular formula is C11H10ClFN2S. The first kappa shape index (κ1) is 11.5. The lowest BCUT2D eigenvalue weighted by atomic mass is 10.1. The van der Waals surface area contributed by atoms with Gasteiger partial charge in [-0.25, -0.2) is 4.39 Å². The minimum Gasteiger partial charge on any atom is -0.207 e. The van der Waals surface area contributed by atoms with Crippen LogP contribution in [-0.4, -0.2) is 16.1 Å². The van der Waals surface area contributed by atoms with Crippen LogP contribution in [-0.2, 0) is 12.8 Å². The first-order valence-electron chi connectivity index (χ1n) is 4.89. The molecule has 0 aliphatic rings. The zero-order chi connectivity index (χ0) is 11.4. The van der Waals surface area contributed by atoms with Gasteiger partial charge in [-0.15, -0.1) is 33.1 Å². The van der Waals surface area contributed by atoms with Gasteiger partial charge < -0.3 is 0 Å². The van der Waals surface area contributed by atoms with Crippen LogP contribution in [0.3, 0.4) is 0 Å². The Labute approximate surface area is 102 Å². The number of hydrogen-bond donors (Lipinski definition) is 0. The first-order valence-corrected chi connectivity index (χ1v) is 6.24. The van der Waals surface area contributed by atoms with Gasteiger partial charge in [-0.2, -0.15) is 0 Å². The van der Waals surface area contributed by atoms with E-state index in [9.17, 15) is 4.39 Å². The van der Waals surface area contributed by atoms with Gasteiger partial charge >= 0.3 is 0 Å². The summed E-state index contributed by atoms with van der Waals surface area (Å²) in [5, 5.41) is 9.89. The summed E-state index contributed by atoms with van der Waals surface area (Å²) in [4.78, 5) is 0. The number of nitrogens with zero attached hydrogens (tertiary/aromatic N) is 2. The molecule has 0 fully saturated rings. The number of aryl methyl sites for hydroxylation is 1. The van der Waals surface area contributed by atoms with Gasteiger partial charge in [-0.1, -0.05) is 12.1 Å². The van der Waals surface area contributed by atoms with Crippen molar-refractivity contribution in [1.29, 1.82) is 0 Å². The molecule has 1 aromatic carbocycles. The van der Waals surface area contributed by atoms with E-state index >= 15 is 0 Å². The minimum absolute atomic E-state index is 0.219. The minimum atomic E-state index is -0.219. The second kappa shape index (κ2) is 5.37. The van der Waals surface area contributed by atoms with Crippen molar-refractivity contribution in [3.05, 3.63) is 45.7 Å². The Morgan fingerprint density at radius 2 is 2.06 bits per heavy atom. The van der Waals surface area contributed by atoms with Crippen molar-refractivity contribution in [2.24, 2.45) is 0 Å². The molecule has 0 saturated carbocycles. The quantitative estimate of drug-likeness (QED) is 0.786. The normalized spacial score (nSPS) is 10.6. The Hall–Kier alpha value is -1.000. The number of rotatable bonds is 4. The Bertz CT molecular complexity index is 473. The molecule has 1 aromatic heterocycles. The van der Waals surface area contributed by atoms with Crippen molar-refractivity contribution < 1.29 is 4.39 Å². The number of halogens is 2. The second-order valence-electron chi connectivity index (χ2n) is 3.34. The maximum Gasteiger partial charge on any atom is 0.123 e. The van der Waals surface area contributed by atoms with Gasteiger partial charge in [0.05, 0.1) is 0 Å². The highest BCUT2D eigenvalue weighted by molar-refractivity contribution is 7.11. The third kappa shape index (κ3) is 3.00. The van der Waals surface area contributed by atoms with Crippen molar-refractivity contribution in [1.82, 2.24) is 10.2 Å². The summed E-state index contributed by atoms with van der Waals surface area (Å²) in [5.41, 5.74) is 0.911. The molecule has 1 heterocycles. The lowest BCUT2D eigenvalue weighted by molar-refractivity contribution is 0.626. The highest BCUT2D eigenvalue weighted by Gasteiger charge is 2.05. The van der Waals surface area contributed by atoms with Crippen LogP contribution >= 0.6 is 22.9 Å². The molecule has 5 heteroatoms. The van der Waals surface area contributed by atoms with Crippen molar-refractivity contribution in [3.8, 4) is 0 Å². The lowest BCUT2D eigenvalue weighted by Crippen LogP contribution is -1.88. The fourth-order valence-corrected chi connectivity index (χ4v) is 2.53. The Morgan fingerprint density at radius 1 is 1.25 bits per heavy atom. The molecule has 0 aliphatic heterocycles. The highest BCUT2D eigenvalue weighted by atomic mass is 35.5. The van der Waals surface area contributed by atoms with Crippen molar-refractivity contribution in [3.63, 3.8) is 0 Å². The third-order valence-electron chi connectivity index (χ3n) is 2.06. The fourth-order valence-electron chi connectivity index (χ4n) is 1.36. The summed E-state index contributed by atoms with van der Waals surface area (Å²) in [6, 6.07) is 6.53. The van der Waals surface area contributed by atoms with E-state index in [0.717, 1.165) is 22.0 Å². The predicted octanol–water partition coefficient (Wildman–Crippen LogP) is 3.05. The van der Waals surface area contributed by atoms with E-state index < -0.39 is 0 Å². The van der Waals surface area contributed by atoms with Crippen molar-refractivity contribution in [2.75, 3.05) is 5.88 Å². The second-order valence-corrected chi connectivity index (χ2v) is 4.86. The van der Waals surface area contributed by atoms with Gasteiger partial charge in [0, 0.05) is 18.7 Å². The van der Waals surface area contributed by atoms with Gasteiger partial charge in [0.1, 0.15) is 15.8 Å². The van der Waals surface area contributed by atoms with Crippen LogP contribution in [0, 0.1) is 5.82 Å². The molecule has 0 aliphatic carbocycles. The maximum atomic E-state index is 12.9. The topological polar surface area (TPSA) is 25.8 Å². The molecule has 0 amide bonds. The van der Waals surface area contributed by atoms with Crippen molar-refractivity contribution >= 4 is 22.9 Å². The monoisotopic (exact) mass is 256 g/mol. The van der Waals surface area contributed by atoms with Gasteiger partial charge in [0.25, 0.3) is 0 Å². The van der Waals surface area contributed by atoms with Crippen LogP contribution in [0.1, 0.15) is 15.6 Å². The van der Waals surface area contributed by atoms with Gasteiger partial charge in [-0.3, -0.25) is 0 Å². The molecule has 0 atom stereocenters. The molecule has 0 bridgehead atoms. The van der Waals surface area contributed by atoms with E-state index in [1.807, 2.05) is 6.07 Å². The standard InChI is InChI=1S/C11H10ClFN2S/c12-5-4-10-14-15-11(16-10)7-8-2-1-3-9(13)6-8/h1-3,6H,4-5,7H2. The maximum absolute atomic E-state index is 12.9. The van der Waals surface area contributed by atoms with Crippen LogP contribution in [0.15, 0.2) is 24.3 Å². The fraction of sp³-hybridized carbons (Fsp3) is 0.273. The van der Waals surface area contributed by atoms with Gasteiger partial charge in [0.15, 0.2) is 0 Å². The van der Waals surface area contributed by atoms with Crippen LogP contribution in [0.5, 0.6) is 0 Å². The lowest BCUT2D eigenvalue weighted by Gasteiger charge is -1.96. The summed E-state index contributed by atoms with van der Waals surface area (Å²) in [6.45, 7) is 0. The predicted molar refractivity (Wildman–Crippen MR) is 63.5 cm³/mol. The zero-order valence-electron chi connectivity index (χ0n) is 8.49. The largest absolute Gasteiger partial charge is 0.207 e. The van der Waals surface area contributed by atoms with Crippen molar-refractivity contribution in [2.45, 2.75) is 12.8 Å². The molecule has 0 spiro atoms. The van der Waals surface area contributed by atoms with Gasteiger partial charge in [0.2, 0.25) is 0 Å². The van der Waals surface area contributed by atoms with E-state index in [4.69, 9.17) is 11.6 Å². The van der Waals surface area contributed by atoms with E-state index in [1.165, 1.54) is 23.5 Å². The summed E-state index contributed by atoms with van der Waals surface area (Å²) >= 11 is 7.14. The zero-order valence-corrected chi connectivity index (χ0v) is 10.1. The average molecular weight is 257 g/mol. The van der Waals surface area contributed by atoms with E-state index in [0.29, 0.717) is 12.3 Å². The molecule has 0 radical (unpaired) electrons. The number of benzene rings is 1. The Kier molecular flexibility index (Phi) is 3.85. The average Bonchev–Trinajstić information content (AvgIpc) is 2.66. The van der Waals surface area contributed by atoms with Crippen LogP contribution in [0.4, 0.5) is 4.39 Å². The molecule has 0 N–H and O–H groups in total. The SMILES string of the molecule is Fc1cccc(Cc2nnc(CCCl)s2)c1. The van der Waals surface area contributed by atoms with Crippen LogP contribution < -0.4 is 0 Å². The summed E-state index contributed by atoms with van der Waals surface area (Å²) in [7, 11) is 0. The molecule has 84 valence electrons. The number of alkyl halides is 1. The molecule has 16 heavy (non-hydrogen) atoms. The summed E-state index contributed by atoms with van der Waals surface area (Å²) in [5.74, 6) is 0.331. The van der Waals surface area contributed by atoms with Crippen LogP contribution in [0.25, 0.3) is 0 Å². The highest BCUT2D eigenvalue weighted by Crippen LogP contribution is 2.15. The smallest absolute Gasteiger partial charge is 0.123 e. The van der Waals surface area contributed by atoms with Gasteiger partial charge in [-0.05, 0) is 17.7 Å². The molecular weight excluding hydrogens is 247 g/mol. The van der Waals surface area contributed by atoms with Crippen LogP contribution in [0.2, 0.25) is 0 Å². The molecule has 0 saturated heterocycles. The molecule has 2 nitrogen and oxygen atoms in total. The van der Waals surface area contributed by atoms with E-state index in [2.05, 4.69) is 10.2 Å². The molecule has 2 rings (SSSR count). The molecule has 0 unspecified atom stereocenters. The van der Waals surface area contributed by atoms with E-state index in [1.54, 1.807) is 6.07 Å². The third-order valence-corrected chi connectivity index (χ3v) is 3.23.